The van der Waals surface area contributed by atoms with Gasteiger partial charge in [-0.3, -0.25) is 0 Å². The lowest BCUT2D eigenvalue weighted by Gasteiger charge is -2.01. The molecule has 74 valence electrons. The van der Waals surface area contributed by atoms with Gasteiger partial charge >= 0.3 is 0 Å². The van der Waals surface area contributed by atoms with Crippen LogP contribution in [0.1, 0.15) is 37.4 Å². The summed E-state index contributed by atoms with van der Waals surface area (Å²) in [6, 6.07) is 4.17. The Morgan fingerprint density at radius 1 is 1.36 bits per heavy atom. The highest BCUT2D eigenvalue weighted by atomic mass is 15.0. The van der Waals surface area contributed by atoms with Gasteiger partial charge < -0.3 is 4.40 Å². The molecule has 0 aliphatic rings. The molecule has 0 saturated carbocycles. The lowest BCUT2D eigenvalue weighted by molar-refractivity contribution is 0.714. The van der Waals surface area contributed by atoms with Crippen molar-refractivity contribution in [2.24, 2.45) is 0 Å². The number of imidazole rings is 1. The Balaban J connectivity index is 2.51. The number of rotatable bonds is 2. The highest BCUT2D eigenvalue weighted by Gasteiger charge is 2.07. The van der Waals surface area contributed by atoms with Crippen LogP contribution in [0.25, 0.3) is 5.65 Å². The van der Waals surface area contributed by atoms with E-state index in [1.165, 1.54) is 11.3 Å². The normalized spacial score (nSPS) is 13.4. The molecule has 0 amide bonds. The molecule has 2 heterocycles. The van der Waals surface area contributed by atoms with Gasteiger partial charge in [0.25, 0.3) is 0 Å². The van der Waals surface area contributed by atoms with E-state index in [-0.39, 0.29) is 0 Å². The Hall–Kier alpha value is -1.31. The van der Waals surface area contributed by atoms with E-state index >= 15 is 0 Å². The number of fused-ring (bicyclic) bond motifs is 1. The molecule has 0 spiro atoms. The molecule has 2 nitrogen and oxygen atoms in total. The van der Waals surface area contributed by atoms with E-state index in [9.17, 15) is 0 Å². The summed E-state index contributed by atoms with van der Waals surface area (Å²) in [6.07, 6.45) is 5.40. The molecule has 14 heavy (non-hydrogen) atoms. The number of pyridine rings is 1. The van der Waals surface area contributed by atoms with Gasteiger partial charge in [-0.05, 0) is 30.9 Å². The maximum absolute atomic E-state index is 4.59. The van der Waals surface area contributed by atoms with Gasteiger partial charge in [0, 0.05) is 12.4 Å². The van der Waals surface area contributed by atoms with E-state index in [1.54, 1.807) is 0 Å². The van der Waals surface area contributed by atoms with Crippen molar-refractivity contribution in [2.45, 2.75) is 33.1 Å². The van der Waals surface area contributed by atoms with Crippen LogP contribution in [0.4, 0.5) is 0 Å². The highest BCUT2D eigenvalue weighted by Crippen LogP contribution is 2.18. The maximum Gasteiger partial charge on any atom is 0.136 e. The third-order valence-corrected chi connectivity index (χ3v) is 2.73. The number of nitrogens with zero attached hydrogens (tertiary/aromatic N) is 2. The Labute approximate surface area is 84.6 Å². The molecule has 0 aliphatic carbocycles. The summed E-state index contributed by atoms with van der Waals surface area (Å²) in [6.45, 7) is 6.51. The van der Waals surface area contributed by atoms with Gasteiger partial charge in [-0.2, -0.15) is 0 Å². The minimum Gasteiger partial charge on any atom is -0.307 e. The minimum atomic E-state index is 0.551. The molecule has 2 aromatic heterocycles. The van der Waals surface area contributed by atoms with Crippen LogP contribution in [0.3, 0.4) is 0 Å². The third kappa shape index (κ3) is 1.52. The van der Waals surface area contributed by atoms with Crippen LogP contribution < -0.4 is 0 Å². The third-order valence-electron chi connectivity index (χ3n) is 2.73. The molecular formula is C12H16N2. The quantitative estimate of drug-likeness (QED) is 0.707. The van der Waals surface area contributed by atoms with E-state index < -0.39 is 0 Å². The highest BCUT2D eigenvalue weighted by molar-refractivity contribution is 5.41. The van der Waals surface area contributed by atoms with Crippen LogP contribution >= 0.6 is 0 Å². The van der Waals surface area contributed by atoms with E-state index in [2.05, 4.69) is 54.7 Å². The van der Waals surface area contributed by atoms with Gasteiger partial charge in [-0.25, -0.2) is 4.98 Å². The fourth-order valence-corrected chi connectivity index (χ4v) is 1.57. The average molecular weight is 188 g/mol. The van der Waals surface area contributed by atoms with Gasteiger partial charge in [0.1, 0.15) is 5.65 Å². The van der Waals surface area contributed by atoms with E-state index in [4.69, 9.17) is 0 Å². The van der Waals surface area contributed by atoms with Crippen molar-refractivity contribution in [2.75, 3.05) is 0 Å². The molecule has 2 rings (SSSR count). The van der Waals surface area contributed by atoms with Gasteiger partial charge in [-0.1, -0.05) is 19.9 Å². The fourth-order valence-electron chi connectivity index (χ4n) is 1.57. The Kier molecular flexibility index (Phi) is 2.28. The smallest absolute Gasteiger partial charge is 0.136 e. The second kappa shape index (κ2) is 3.45. The summed E-state index contributed by atoms with van der Waals surface area (Å²) in [7, 11) is 0. The SMILES string of the molecule is CCC(C)c1cn2cc(C)ccc2n1. The summed E-state index contributed by atoms with van der Waals surface area (Å²) in [5.41, 5.74) is 3.51. The summed E-state index contributed by atoms with van der Waals surface area (Å²) >= 11 is 0. The van der Waals surface area contributed by atoms with Gasteiger partial charge in [0.05, 0.1) is 5.69 Å². The second-order valence-corrected chi connectivity index (χ2v) is 3.95. The molecule has 0 radical (unpaired) electrons. The minimum absolute atomic E-state index is 0.551. The number of aromatic nitrogens is 2. The Morgan fingerprint density at radius 3 is 2.86 bits per heavy atom. The predicted molar refractivity (Wildman–Crippen MR) is 58.6 cm³/mol. The molecule has 0 aliphatic heterocycles. The summed E-state index contributed by atoms with van der Waals surface area (Å²) < 4.78 is 2.11. The predicted octanol–water partition coefficient (Wildman–Crippen LogP) is 3.16. The molecule has 0 saturated heterocycles. The summed E-state index contributed by atoms with van der Waals surface area (Å²) in [5.74, 6) is 0.551. The molecule has 1 atom stereocenters. The zero-order valence-corrected chi connectivity index (χ0v) is 8.99. The van der Waals surface area contributed by atoms with Crippen LogP contribution in [-0.2, 0) is 0 Å². The van der Waals surface area contributed by atoms with Crippen LogP contribution in [0.2, 0.25) is 0 Å². The van der Waals surface area contributed by atoms with Crippen molar-refractivity contribution in [1.29, 1.82) is 0 Å². The van der Waals surface area contributed by atoms with Gasteiger partial charge in [0.15, 0.2) is 0 Å². The summed E-state index contributed by atoms with van der Waals surface area (Å²) in [5, 5.41) is 0. The molecule has 0 N–H and O–H groups in total. The van der Waals surface area contributed by atoms with E-state index in [0.29, 0.717) is 5.92 Å². The van der Waals surface area contributed by atoms with Crippen molar-refractivity contribution in [1.82, 2.24) is 9.38 Å². The molecule has 2 aromatic rings. The number of hydrogen-bond donors (Lipinski definition) is 0. The van der Waals surface area contributed by atoms with Crippen LogP contribution in [0.5, 0.6) is 0 Å². The topological polar surface area (TPSA) is 17.3 Å². The maximum atomic E-state index is 4.59. The second-order valence-electron chi connectivity index (χ2n) is 3.95. The van der Waals surface area contributed by atoms with Crippen molar-refractivity contribution < 1.29 is 0 Å². The van der Waals surface area contributed by atoms with Crippen LogP contribution in [-0.4, -0.2) is 9.38 Å². The zero-order chi connectivity index (χ0) is 10.1. The van der Waals surface area contributed by atoms with Gasteiger partial charge in [0.2, 0.25) is 0 Å². The van der Waals surface area contributed by atoms with E-state index in [0.717, 1.165) is 12.1 Å². The van der Waals surface area contributed by atoms with Crippen molar-refractivity contribution >= 4 is 5.65 Å². The van der Waals surface area contributed by atoms with Gasteiger partial charge in [-0.15, -0.1) is 0 Å². The van der Waals surface area contributed by atoms with E-state index in [1.807, 2.05) is 0 Å². The molecule has 1 unspecified atom stereocenters. The first-order chi connectivity index (χ1) is 6.70. The van der Waals surface area contributed by atoms with Crippen molar-refractivity contribution in [3.05, 3.63) is 35.8 Å². The molecule has 2 heteroatoms. The summed E-state index contributed by atoms with van der Waals surface area (Å²) in [4.78, 5) is 4.59. The molecule has 0 aromatic carbocycles. The molecule has 0 fully saturated rings. The lowest BCUT2D eigenvalue weighted by atomic mass is 10.1. The Bertz CT molecular complexity index is 443. The van der Waals surface area contributed by atoms with Crippen LogP contribution in [0, 0.1) is 6.92 Å². The number of hydrogen-bond acceptors (Lipinski definition) is 1. The Morgan fingerprint density at radius 2 is 2.14 bits per heavy atom. The lowest BCUT2D eigenvalue weighted by Crippen LogP contribution is -1.89. The number of aryl methyl sites for hydroxylation is 1. The first-order valence-electron chi connectivity index (χ1n) is 5.16. The standard InChI is InChI=1S/C12H16N2/c1-4-10(3)11-8-14-7-9(2)5-6-12(14)13-11/h5-8,10H,4H2,1-3H3. The first-order valence-corrected chi connectivity index (χ1v) is 5.16. The largest absolute Gasteiger partial charge is 0.307 e. The van der Waals surface area contributed by atoms with Crippen molar-refractivity contribution in [3.63, 3.8) is 0 Å². The van der Waals surface area contributed by atoms with Crippen molar-refractivity contribution in [3.8, 4) is 0 Å². The van der Waals surface area contributed by atoms with Crippen LogP contribution in [0.15, 0.2) is 24.5 Å². The average Bonchev–Trinajstić information content (AvgIpc) is 2.59. The first kappa shape index (κ1) is 9.25. The zero-order valence-electron chi connectivity index (χ0n) is 8.99. The molecule has 0 bridgehead atoms. The monoisotopic (exact) mass is 188 g/mol. The fraction of sp³-hybridized carbons (Fsp3) is 0.417. The molecular weight excluding hydrogens is 172 g/mol.